The number of carbonyl (C=O) groups excluding carboxylic acids is 2. The lowest BCUT2D eigenvalue weighted by molar-refractivity contribution is -0.121. The number of anilines is 1. The van der Waals surface area contributed by atoms with Crippen LogP contribution in [0.15, 0.2) is 24.3 Å². The zero-order valence-electron chi connectivity index (χ0n) is 12.6. The Bertz CT molecular complexity index is 458. The average molecular weight is 276 g/mol. The van der Waals surface area contributed by atoms with Gasteiger partial charge < -0.3 is 10.2 Å². The molecule has 110 valence electrons. The molecule has 2 amide bonds. The molecule has 1 N–H and O–H groups in total. The van der Waals surface area contributed by atoms with Crippen molar-refractivity contribution in [1.82, 2.24) is 5.32 Å². The number of para-hydroxylation sites is 1. The first kappa shape index (κ1) is 16.2. The van der Waals surface area contributed by atoms with Gasteiger partial charge in [0, 0.05) is 32.1 Å². The summed E-state index contributed by atoms with van der Waals surface area (Å²) in [6.45, 7) is 6.72. The normalized spacial score (nSPS) is 10.2. The van der Waals surface area contributed by atoms with Crippen molar-refractivity contribution in [3.05, 3.63) is 29.8 Å². The molecule has 4 heteroatoms. The second-order valence-corrected chi connectivity index (χ2v) is 4.75. The Hall–Kier alpha value is -1.84. The van der Waals surface area contributed by atoms with Crippen LogP contribution in [0.1, 0.15) is 39.2 Å². The summed E-state index contributed by atoms with van der Waals surface area (Å²) in [5.41, 5.74) is 2.03. The Morgan fingerprint density at radius 3 is 2.50 bits per heavy atom. The van der Waals surface area contributed by atoms with Crippen LogP contribution in [0.25, 0.3) is 0 Å². The lowest BCUT2D eigenvalue weighted by Crippen LogP contribution is -2.34. The maximum Gasteiger partial charge on any atom is 0.223 e. The molecular weight excluding hydrogens is 252 g/mol. The van der Waals surface area contributed by atoms with Gasteiger partial charge in [-0.25, -0.2) is 0 Å². The highest BCUT2D eigenvalue weighted by Gasteiger charge is 2.15. The zero-order valence-corrected chi connectivity index (χ0v) is 12.6. The second kappa shape index (κ2) is 8.35. The predicted octanol–water partition coefficient (Wildman–Crippen LogP) is 2.52. The standard InChI is InChI=1S/C16H24N2O2/c1-4-11-17-16(20)10-12-18(13(3)19)15-9-7-6-8-14(15)5-2/h6-9H,4-5,10-12H2,1-3H3,(H,17,20). The molecule has 0 saturated heterocycles. The molecule has 0 radical (unpaired) electrons. The number of carbonyl (C=O) groups is 2. The number of hydrogen-bond acceptors (Lipinski definition) is 2. The molecule has 0 atom stereocenters. The summed E-state index contributed by atoms with van der Waals surface area (Å²) in [6, 6.07) is 7.84. The molecule has 1 rings (SSSR count). The van der Waals surface area contributed by atoms with Gasteiger partial charge in [-0.05, 0) is 24.5 Å². The first-order valence-corrected chi connectivity index (χ1v) is 7.22. The zero-order chi connectivity index (χ0) is 15.0. The van der Waals surface area contributed by atoms with Gasteiger partial charge in [-0.2, -0.15) is 0 Å². The van der Waals surface area contributed by atoms with E-state index in [2.05, 4.69) is 12.2 Å². The van der Waals surface area contributed by atoms with E-state index in [-0.39, 0.29) is 11.8 Å². The first-order chi connectivity index (χ1) is 9.60. The highest BCUT2D eigenvalue weighted by Crippen LogP contribution is 2.21. The summed E-state index contributed by atoms with van der Waals surface area (Å²) in [6.07, 6.45) is 2.11. The van der Waals surface area contributed by atoms with E-state index < -0.39 is 0 Å². The summed E-state index contributed by atoms with van der Waals surface area (Å²) in [7, 11) is 0. The third kappa shape index (κ3) is 4.68. The number of amides is 2. The Labute approximate surface area is 121 Å². The smallest absolute Gasteiger partial charge is 0.223 e. The Balaban J connectivity index is 2.75. The van der Waals surface area contributed by atoms with Crippen LogP contribution in [-0.2, 0) is 16.0 Å². The van der Waals surface area contributed by atoms with Crippen LogP contribution in [0.4, 0.5) is 5.69 Å². The van der Waals surface area contributed by atoms with Gasteiger partial charge in [0.1, 0.15) is 0 Å². The minimum Gasteiger partial charge on any atom is -0.356 e. The lowest BCUT2D eigenvalue weighted by Gasteiger charge is -2.23. The van der Waals surface area contributed by atoms with Crippen molar-refractivity contribution in [2.24, 2.45) is 0 Å². The molecule has 0 bridgehead atoms. The SMILES string of the molecule is CCCNC(=O)CCN(C(C)=O)c1ccccc1CC. The summed E-state index contributed by atoms with van der Waals surface area (Å²) < 4.78 is 0. The van der Waals surface area contributed by atoms with Crippen LogP contribution in [0, 0.1) is 0 Å². The van der Waals surface area contributed by atoms with Crippen molar-refractivity contribution in [1.29, 1.82) is 0 Å². The molecule has 0 saturated carbocycles. The van der Waals surface area contributed by atoms with Crippen LogP contribution in [0.3, 0.4) is 0 Å². The number of hydrogen-bond donors (Lipinski definition) is 1. The molecule has 4 nitrogen and oxygen atoms in total. The fourth-order valence-corrected chi connectivity index (χ4v) is 2.09. The number of rotatable bonds is 7. The number of aryl methyl sites for hydroxylation is 1. The van der Waals surface area contributed by atoms with E-state index in [1.807, 2.05) is 31.2 Å². The predicted molar refractivity (Wildman–Crippen MR) is 81.8 cm³/mol. The van der Waals surface area contributed by atoms with Crippen molar-refractivity contribution >= 4 is 17.5 Å². The largest absolute Gasteiger partial charge is 0.356 e. The van der Waals surface area contributed by atoms with Crippen LogP contribution in [0.2, 0.25) is 0 Å². The summed E-state index contributed by atoms with van der Waals surface area (Å²) in [5.74, 6) is -0.0405. The van der Waals surface area contributed by atoms with Crippen molar-refractivity contribution in [2.45, 2.75) is 40.0 Å². The summed E-state index contributed by atoms with van der Waals surface area (Å²) in [5, 5.41) is 2.83. The van der Waals surface area contributed by atoms with Crippen LogP contribution >= 0.6 is 0 Å². The average Bonchev–Trinajstić information content (AvgIpc) is 2.45. The van der Waals surface area contributed by atoms with E-state index in [9.17, 15) is 9.59 Å². The minimum absolute atomic E-state index is 0.00733. The van der Waals surface area contributed by atoms with E-state index in [1.54, 1.807) is 4.90 Å². The van der Waals surface area contributed by atoms with Gasteiger partial charge in [0.25, 0.3) is 0 Å². The summed E-state index contributed by atoms with van der Waals surface area (Å²) in [4.78, 5) is 25.2. The van der Waals surface area contributed by atoms with Gasteiger partial charge in [-0.3, -0.25) is 9.59 Å². The first-order valence-electron chi connectivity index (χ1n) is 7.22. The van der Waals surface area contributed by atoms with E-state index in [0.29, 0.717) is 19.5 Å². The Kier molecular flexibility index (Phi) is 6.77. The Morgan fingerprint density at radius 2 is 1.90 bits per heavy atom. The Morgan fingerprint density at radius 1 is 1.20 bits per heavy atom. The summed E-state index contributed by atoms with van der Waals surface area (Å²) >= 11 is 0. The van der Waals surface area contributed by atoms with E-state index >= 15 is 0 Å². The van der Waals surface area contributed by atoms with Gasteiger partial charge in [0.15, 0.2) is 0 Å². The van der Waals surface area contributed by atoms with E-state index in [1.165, 1.54) is 6.92 Å². The van der Waals surface area contributed by atoms with Crippen molar-refractivity contribution < 1.29 is 9.59 Å². The van der Waals surface area contributed by atoms with Gasteiger partial charge in [0.2, 0.25) is 11.8 Å². The fraction of sp³-hybridized carbons (Fsp3) is 0.500. The number of benzene rings is 1. The highest BCUT2D eigenvalue weighted by molar-refractivity contribution is 5.93. The topological polar surface area (TPSA) is 49.4 Å². The molecule has 20 heavy (non-hydrogen) atoms. The van der Waals surface area contributed by atoms with Crippen molar-refractivity contribution in [3.63, 3.8) is 0 Å². The molecule has 0 aliphatic carbocycles. The van der Waals surface area contributed by atoms with Crippen molar-refractivity contribution in [3.8, 4) is 0 Å². The number of nitrogens with zero attached hydrogens (tertiary/aromatic N) is 1. The molecule has 1 aromatic rings. The van der Waals surface area contributed by atoms with Crippen LogP contribution < -0.4 is 10.2 Å². The molecular formula is C16H24N2O2. The van der Waals surface area contributed by atoms with Gasteiger partial charge in [0.05, 0.1) is 0 Å². The fourth-order valence-electron chi connectivity index (χ4n) is 2.09. The quantitative estimate of drug-likeness (QED) is 0.832. The van der Waals surface area contributed by atoms with E-state index in [4.69, 9.17) is 0 Å². The van der Waals surface area contributed by atoms with Crippen molar-refractivity contribution in [2.75, 3.05) is 18.0 Å². The molecule has 1 aromatic carbocycles. The van der Waals surface area contributed by atoms with Crippen LogP contribution in [0.5, 0.6) is 0 Å². The second-order valence-electron chi connectivity index (χ2n) is 4.75. The van der Waals surface area contributed by atoms with Crippen LogP contribution in [-0.4, -0.2) is 24.9 Å². The number of nitrogens with one attached hydrogen (secondary N) is 1. The minimum atomic E-state index is -0.0332. The lowest BCUT2D eigenvalue weighted by atomic mass is 10.1. The maximum atomic E-state index is 11.8. The van der Waals surface area contributed by atoms with Gasteiger partial charge >= 0.3 is 0 Å². The maximum absolute atomic E-state index is 11.8. The molecule has 0 aliphatic heterocycles. The molecule has 0 fully saturated rings. The van der Waals surface area contributed by atoms with Gasteiger partial charge in [-0.1, -0.05) is 32.0 Å². The molecule has 0 heterocycles. The third-order valence-electron chi connectivity index (χ3n) is 3.18. The van der Waals surface area contributed by atoms with E-state index in [0.717, 1.165) is 24.1 Å². The third-order valence-corrected chi connectivity index (χ3v) is 3.18. The highest BCUT2D eigenvalue weighted by atomic mass is 16.2. The molecule has 0 unspecified atom stereocenters. The monoisotopic (exact) mass is 276 g/mol. The molecule has 0 aromatic heterocycles. The molecule has 0 spiro atoms. The van der Waals surface area contributed by atoms with Gasteiger partial charge in [-0.15, -0.1) is 0 Å². The molecule has 0 aliphatic rings.